The summed E-state index contributed by atoms with van der Waals surface area (Å²) in [4.78, 5) is 28.4. The first-order chi connectivity index (χ1) is 14.4. The average molecular weight is 439 g/mol. The minimum absolute atomic E-state index is 0. The molecule has 6 nitrogen and oxygen atoms in total. The van der Waals surface area contributed by atoms with Crippen molar-refractivity contribution in [3.63, 3.8) is 0 Å². The summed E-state index contributed by atoms with van der Waals surface area (Å²) in [6.07, 6.45) is 1.63. The Morgan fingerprint density at radius 3 is 2.39 bits per heavy atom. The third kappa shape index (κ3) is 5.87. The van der Waals surface area contributed by atoms with Crippen LogP contribution in [0.1, 0.15) is 28.4 Å². The number of halogens is 1. The lowest BCUT2D eigenvalue weighted by molar-refractivity contribution is -0.112. The van der Waals surface area contributed by atoms with Crippen LogP contribution in [0.5, 0.6) is 0 Å². The van der Waals surface area contributed by atoms with E-state index < -0.39 is 5.91 Å². The molecule has 1 aliphatic heterocycles. The number of carbonyl (C=O) groups is 2. The number of nitrogens with one attached hydrogen (secondary N) is 1. The highest BCUT2D eigenvalue weighted by Gasteiger charge is 2.19. The Balaban J connectivity index is 0.00000341. The molecule has 0 aliphatic carbocycles. The molecule has 0 unspecified atom stereocenters. The fraction of sp³-hybridized carbons (Fsp3) is 0.292. The molecule has 1 saturated heterocycles. The number of carbonyl (C=O) groups excluding carboxylic acids is 2. The molecule has 7 heteroatoms. The van der Waals surface area contributed by atoms with Crippen LogP contribution in [0.15, 0.2) is 54.2 Å². The van der Waals surface area contributed by atoms with Crippen LogP contribution in [-0.2, 0) is 4.79 Å². The van der Waals surface area contributed by atoms with E-state index >= 15 is 0 Å². The highest BCUT2D eigenvalue weighted by atomic mass is 35.5. The Bertz CT molecular complexity index is 1030. The summed E-state index contributed by atoms with van der Waals surface area (Å²) >= 11 is 0. The van der Waals surface area contributed by atoms with E-state index in [4.69, 9.17) is 0 Å². The Hall–Kier alpha value is -3.30. The molecule has 0 saturated carbocycles. The third-order valence-corrected chi connectivity index (χ3v) is 5.43. The molecule has 0 radical (unpaired) electrons. The van der Waals surface area contributed by atoms with Gasteiger partial charge in [-0.2, -0.15) is 5.26 Å². The molecule has 3 rings (SSSR count). The van der Waals surface area contributed by atoms with E-state index in [9.17, 15) is 14.9 Å². The van der Waals surface area contributed by atoms with Crippen molar-refractivity contribution in [1.82, 2.24) is 4.90 Å². The zero-order valence-electron chi connectivity index (χ0n) is 18.0. The summed E-state index contributed by atoms with van der Waals surface area (Å²) in [5.41, 5.74) is 4.84. The van der Waals surface area contributed by atoms with E-state index in [2.05, 4.69) is 42.3 Å². The Morgan fingerprint density at radius 1 is 1.06 bits per heavy atom. The minimum Gasteiger partial charge on any atom is -0.373 e. The molecule has 31 heavy (non-hydrogen) atoms. The first-order valence-corrected chi connectivity index (χ1v) is 9.98. The van der Waals surface area contributed by atoms with E-state index in [0.29, 0.717) is 11.3 Å². The number of ketones is 1. The Kier molecular flexibility index (Phi) is 8.23. The lowest BCUT2D eigenvalue weighted by atomic mass is 10.1. The maximum Gasteiger partial charge on any atom is 0.267 e. The van der Waals surface area contributed by atoms with Gasteiger partial charge >= 0.3 is 0 Å². The summed E-state index contributed by atoms with van der Waals surface area (Å²) in [6, 6.07) is 15.0. The molecule has 0 aromatic heterocycles. The summed E-state index contributed by atoms with van der Waals surface area (Å²) in [7, 11) is 0. The number of hydrogen-bond donors (Lipinski definition) is 1. The topological polar surface area (TPSA) is 76.4 Å². The van der Waals surface area contributed by atoms with E-state index in [1.807, 2.05) is 11.0 Å². The smallest absolute Gasteiger partial charge is 0.267 e. The first kappa shape index (κ1) is 24.0. The number of piperazine rings is 1. The molecule has 1 heterocycles. The van der Waals surface area contributed by atoms with Crippen molar-refractivity contribution in [1.29, 1.82) is 5.26 Å². The van der Waals surface area contributed by atoms with Gasteiger partial charge in [0.25, 0.3) is 5.91 Å². The normalized spacial score (nSPS) is 13.8. The van der Waals surface area contributed by atoms with Crippen LogP contribution in [0.25, 0.3) is 0 Å². The third-order valence-electron chi connectivity index (χ3n) is 5.43. The van der Waals surface area contributed by atoms with Crippen molar-refractivity contribution < 1.29 is 9.59 Å². The predicted octanol–water partition coefficient (Wildman–Crippen LogP) is 4.10. The molecule has 1 fully saturated rings. The summed E-state index contributed by atoms with van der Waals surface area (Å²) in [5, 5.41) is 12.2. The quantitative estimate of drug-likeness (QED) is 0.432. The second-order valence-electron chi connectivity index (χ2n) is 7.49. The number of amides is 1. The van der Waals surface area contributed by atoms with Gasteiger partial charge in [-0.25, -0.2) is 0 Å². The lowest BCUT2D eigenvalue weighted by Gasteiger charge is -2.36. The van der Waals surface area contributed by atoms with E-state index in [1.165, 1.54) is 23.7 Å². The van der Waals surface area contributed by atoms with Gasteiger partial charge in [-0.05, 0) is 50.1 Å². The van der Waals surface area contributed by atoms with Crippen LogP contribution in [0, 0.1) is 25.2 Å². The summed E-state index contributed by atoms with van der Waals surface area (Å²) in [5.74, 6) is -0.556. The average Bonchev–Trinajstić information content (AvgIpc) is 2.74. The number of benzene rings is 2. The van der Waals surface area contributed by atoms with Crippen molar-refractivity contribution in [3.05, 3.63) is 70.9 Å². The number of anilines is 2. The van der Waals surface area contributed by atoms with Crippen molar-refractivity contribution in [2.75, 3.05) is 36.4 Å². The number of aryl methyl sites for hydroxylation is 1. The molecule has 2 aromatic carbocycles. The van der Waals surface area contributed by atoms with Crippen molar-refractivity contribution >= 4 is 35.5 Å². The molecular formula is C24H27ClN4O2. The van der Waals surface area contributed by atoms with Crippen LogP contribution in [-0.4, -0.2) is 42.8 Å². The van der Waals surface area contributed by atoms with Gasteiger partial charge in [-0.1, -0.05) is 24.3 Å². The number of nitriles is 1. The minimum atomic E-state index is -0.477. The molecule has 0 spiro atoms. The number of nitrogens with zero attached hydrogens (tertiary/aromatic N) is 3. The largest absolute Gasteiger partial charge is 0.373 e. The van der Waals surface area contributed by atoms with E-state index in [0.717, 1.165) is 26.2 Å². The first-order valence-electron chi connectivity index (χ1n) is 9.98. The number of Topliss-reactive ketones (excluding diaryl/α,β-unsaturated/α-hetero) is 1. The molecule has 0 atom stereocenters. The fourth-order valence-corrected chi connectivity index (χ4v) is 3.51. The molecule has 2 aromatic rings. The second-order valence-corrected chi connectivity index (χ2v) is 7.49. The standard InChI is InChI=1S/C24H26N4O2.ClH/c1-17-6-4-9-23(18(17)2)28-12-10-27(11-13-28)16-21(15-25)24(30)26-22-8-5-7-20(14-22)19(3)29;/h4-9,14,16H,10-13H2,1-3H3,(H,26,30);1H/b21-16-;. The molecule has 1 amide bonds. The van der Waals surface area contributed by atoms with Gasteiger partial charge in [0.15, 0.2) is 5.78 Å². The van der Waals surface area contributed by atoms with Crippen LogP contribution in [0.4, 0.5) is 11.4 Å². The maximum atomic E-state index is 12.5. The zero-order chi connectivity index (χ0) is 21.7. The lowest BCUT2D eigenvalue weighted by Crippen LogP contribution is -2.44. The summed E-state index contributed by atoms with van der Waals surface area (Å²) < 4.78 is 0. The van der Waals surface area contributed by atoms with Crippen molar-refractivity contribution in [2.24, 2.45) is 0 Å². The molecule has 1 aliphatic rings. The Morgan fingerprint density at radius 2 is 1.74 bits per heavy atom. The van der Waals surface area contributed by atoms with Gasteiger partial charge in [0.1, 0.15) is 11.6 Å². The predicted molar refractivity (Wildman–Crippen MR) is 126 cm³/mol. The van der Waals surface area contributed by atoms with Crippen LogP contribution in [0.2, 0.25) is 0 Å². The highest BCUT2D eigenvalue weighted by Crippen LogP contribution is 2.24. The molecule has 0 bridgehead atoms. The van der Waals surface area contributed by atoms with Crippen molar-refractivity contribution in [3.8, 4) is 6.07 Å². The number of rotatable bonds is 5. The SMILES string of the molecule is CC(=O)c1cccc(NC(=O)/C(C#N)=C\N2CCN(c3cccc(C)c3C)CC2)c1.Cl. The second kappa shape index (κ2) is 10.6. The molecule has 1 N–H and O–H groups in total. The molecular weight excluding hydrogens is 412 g/mol. The number of hydrogen-bond acceptors (Lipinski definition) is 5. The molecule has 162 valence electrons. The summed E-state index contributed by atoms with van der Waals surface area (Å²) in [6.45, 7) is 8.82. The van der Waals surface area contributed by atoms with Gasteiger partial charge < -0.3 is 15.1 Å². The van der Waals surface area contributed by atoms with Crippen LogP contribution in [0.3, 0.4) is 0 Å². The van der Waals surface area contributed by atoms with Gasteiger partial charge in [0.2, 0.25) is 0 Å². The van der Waals surface area contributed by atoms with Gasteiger partial charge in [-0.3, -0.25) is 9.59 Å². The van der Waals surface area contributed by atoms with Gasteiger partial charge in [0, 0.05) is 49.3 Å². The fourth-order valence-electron chi connectivity index (χ4n) is 3.51. The van der Waals surface area contributed by atoms with E-state index in [1.54, 1.807) is 30.5 Å². The van der Waals surface area contributed by atoms with Gasteiger partial charge in [0.05, 0.1) is 0 Å². The zero-order valence-corrected chi connectivity index (χ0v) is 18.8. The highest BCUT2D eigenvalue weighted by molar-refractivity contribution is 6.07. The van der Waals surface area contributed by atoms with Crippen molar-refractivity contribution in [2.45, 2.75) is 20.8 Å². The maximum absolute atomic E-state index is 12.5. The monoisotopic (exact) mass is 438 g/mol. The van der Waals surface area contributed by atoms with Crippen LogP contribution >= 0.6 is 12.4 Å². The van der Waals surface area contributed by atoms with E-state index in [-0.39, 0.29) is 23.8 Å². The van der Waals surface area contributed by atoms with Crippen LogP contribution < -0.4 is 10.2 Å². The van der Waals surface area contributed by atoms with Gasteiger partial charge in [-0.15, -0.1) is 12.4 Å². The Labute approximate surface area is 189 Å².